The lowest BCUT2D eigenvalue weighted by atomic mass is 10.0. The molecule has 0 aliphatic heterocycles. The van der Waals surface area contributed by atoms with Gasteiger partial charge in [0.2, 0.25) is 11.6 Å². The van der Waals surface area contributed by atoms with Gasteiger partial charge in [-0.15, -0.1) is 0 Å². The summed E-state index contributed by atoms with van der Waals surface area (Å²) >= 11 is 0. The Hall–Kier alpha value is -2.48. The number of hydrogen-bond acceptors (Lipinski definition) is 2. The SMILES string of the molecule is O=C1C(=O)c2ccccc2/C1=C\c1ccccc1. The van der Waals surface area contributed by atoms with E-state index in [2.05, 4.69) is 0 Å². The van der Waals surface area contributed by atoms with Gasteiger partial charge in [-0.2, -0.15) is 0 Å². The molecule has 0 N–H and O–H groups in total. The summed E-state index contributed by atoms with van der Waals surface area (Å²) in [5, 5.41) is 0. The third-order valence-electron chi connectivity index (χ3n) is 3.02. The molecular weight excluding hydrogens is 224 g/mol. The molecule has 2 heteroatoms. The monoisotopic (exact) mass is 234 g/mol. The third kappa shape index (κ3) is 1.59. The first-order valence-electron chi connectivity index (χ1n) is 5.72. The minimum Gasteiger partial charge on any atom is -0.285 e. The van der Waals surface area contributed by atoms with E-state index in [1.54, 1.807) is 18.2 Å². The molecule has 1 aliphatic carbocycles. The molecule has 0 saturated heterocycles. The summed E-state index contributed by atoms with van der Waals surface area (Å²) in [5.74, 6) is -0.826. The minimum atomic E-state index is -0.417. The normalized spacial score (nSPS) is 16.1. The average Bonchev–Trinajstić information content (AvgIpc) is 2.66. The molecule has 0 spiro atoms. The minimum absolute atomic E-state index is 0.409. The van der Waals surface area contributed by atoms with Gasteiger partial charge in [-0.1, -0.05) is 54.6 Å². The lowest BCUT2D eigenvalue weighted by molar-refractivity contribution is -0.109. The quantitative estimate of drug-likeness (QED) is 0.561. The second-order valence-electron chi connectivity index (χ2n) is 4.17. The molecule has 0 aromatic heterocycles. The van der Waals surface area contributed by atoms with Crippen LogP contribution >= 0.6 is 0 Å². The van der Waals surface area contributed by atoms with Gasteiger partial charge in [0.1, 0.15) is 0 Å². The molecule has 2 aromatic carbocycles. The number of carbonyl (C=O) groups excluding carboxylic acids is 2. The molecule has 2 aromatic rings. The molecule has 1 aliphatic rings. The summed E-state index contributed by atoms with van der Waals surface area (Å²) < 4.78 is 0. The highest BCUT2D eigenvalue weighted by molar-refractivity contribution is 6.64. The van der Waals surface area contributed by atoms with E-state index in [4.69, 9.17) is 0 Å². The van der Waals surface area contributed by atoms with E-state index in [-0.39, 0.29) is 0 Å². The number of ketones is 2. The number of Topliss-reactive ketones (excluding diaryl/α,β-unsaturated/α-hetero) is 2. The van der Waals surface area contributed by atoms with E-state index in [1.807, 2.05) is 42.5 Å². The average molecular weight is 234 g/mol. The maximum Gasteiger partial charge on any atom is 0.234 e. The van der Waals surface area contributed by atoms with E-state index in [0.29, 0.717) is 11.1 Å². The largest absolute Gasteiger partial charge is 0.285 e. The fourth-order valence-electron chi connectivity index (χ4n) is 2.14. The van der Waals surface area contributed by atoms with Crippen molar-refractivity contribution in [1.29, 1.82) is 0 Å². The molecule has 0 unspecified atom stereocenters. The Kier molecular flexibility index (Phi) is 2.41. The lowest BCUT2D eigenvalue weighted by Crippen LogP contribution is -2.05. The van der Waals surface area contributed by atoms with Crippen molar-refractivity contribution >= 4 is 23.2 Å². The van der Waals surface area contributed by atoms with Gasteiger partial charge in [-0.3, -0.25) is 9.59 Å². The van der Waals surface area contributed by atoms with Crippen LogP contribution in [0.1, 0.15) is 21.5 Å². The van der Waals surface area contributed by atoms with Crippen LogP contribution in [0.5, 0.6) is 0 Å². The van der Waals surface area contributed by atoms with Gasteiger partial charge >= 0.3 is 0 Å². The fourth-order valence-corrected chi connectivity index (χ4v) is 2.14. The standard InChI is InChI=1S/C16H10O2/c17-15-13-9-5-4-8-12(13)14(16(15)18)10-11-6-2-1-3-7-11/h1-10H/b14-10+. The second kappa shape index (κ2) is 4.08. The predicted molar refractivity (Wildman–Crippen MR) is 70.1 cm³/mol. The molecule has 18 heavy (non-hydrogen) atoms. The summed E-state index contributed by atoms with van der Waals surface area (Å²) in [6.07, 6.45) is 1.77. The molecule has 3 rings (SSSR count). The zero-order valence-corrected chi connectivity index (χ0v) is 9.59. The Bertz CT molecular complexity index is 667. The van der Waals surface area contributed by atoms with Gasteiger partial charge in [-0.25, -0.2) is 0 Å². The Labute approximate surface area is 105 Å². The zero-order valence-electron chi connectivity index (χ0n) is 9.59. The van der Waals surface area contributed by atoms with Crippen molar-refractivity contribution < 1.29 is 9.59 Å². The van der Waals surface area contributed by atoms with Crippen molar-refractivity contribution in [3.05, 3.63) is 71.3 Å². The van der Waals surface area contributed by atoms with Crippen molar-refractivity contribution in [1.82, 2.24) is 0 Å². The number of allylic oxidation sites excluding steroid dienone is 1. The second-order valence-corrected chi connectivity index (χ2v) is 4.17. The number of benzene rings is 2. The molecule has 0 bridgehead atoms. The molecule has 2 nitrogen and oxygen atoms in total. The van der Waals surface area contributed by atoms with Crippen molar-refractivity contribution in [3.63, 3.8) is 0 Å². The highest BCUT2D eigenvalue weighted by Crippen LogP contribution is 2.30. The summed E-state index contributed by atoms with van der Waals surface area (Å²) in [6, 6.07) is 16.7. The lowest BCUT2D eigenvalue weighted by Gasteiger charge is -1.98. The molecular formula is C16H10O2. The smallest absolute Gasteiger partial charge is 0.234 e. The molecule has 0 saturated carbocycles. The summed E-state index contributed by atoms with van der Waals surface area (Å²) in [6.45, 7) is 0. The van der Waals surface area contributed by atoms with Crippen LogP contribution < -0.4 is 0 Å². The Balaban J connectivity index is 2.17. The highest BCUT2D eigenvalue weighted by Gasteiger charge is 2.32. The van der Waals surface area contributed by atoms with Crippen LogP contribution in [0.3, 0.4) is 0 Å². The van der Waals surface area contributed by atoms with Crippen molar-refractivity contribution in [2.45, 2.75) is 0 Å². The van der Waals surface area contributed by atoms with Crippen molar-refractivity contribution in [2.75, 3.05) is 0 Å². The van der Waals surface area contributed by atoms with Crippen molar-refractivity contribution in [3.8, 4) is 0 Å². The van der Waals surface area contributed by atoms with Crippen LogP contribution in [0.4, 0.5) is 0 Å². The van der Waals surface area contributed by atoms with E-state index in [0.717, 1.165) is 11.1 Å². The fraction of sp³-hybridized carbons (Fsp3) is 0. The van der Waals surface area contributed by atoms with E-state index < -0.39 is 11.6 Å². The van der Waals surface area contributed by atoms with Gasteiger partial charge in [0, 0.05) is 11.1 Å². The van der Waals surface area contributed by atoms with Crippen molar-refractivity contribution in [2.24, 2.45) is 0 Å². The van der Waals surface area contributed by atoms with Gasteiger partial charge in [0.15, 0.2) is 0 Å². The summed E-state index contributed by atoms with van der Waals surface area (Å²) in [7, 11) is 0. The topological polar surface area (TPSA) is 34.1 Å². The molecule has 0 atom stereocenters. The van der Waals surface area contributed by atoms with Gasteiger partial charge in [-0.05, 0) is 17.2 Å². The molecule has 0 fully saturated rings. The van der Waals surface area contributed by atoms with Crippen LogP contribution in [-0.4, -0.2) is 11.6 Å². The first-order valence-corrected chi connectivity index (χ1v) is 5.72. The first-order chi connectivity index (χ1) is 8.77. The van der Waals surface area contributed by atoms with Gasteiger partial charge in [0.25, 0.3) is 0 Å². The molecule has 0 heterocycles. The Morgan fingerprint density at radius 3 is 2.00 bits per heavy atom. The number of rotatable bonds is 1. The van der Waals surface area contributed by atoms with Crippen LogP contribution in [0.25, 0.3) is 11.6 Å². The van der Waals surface area contributed by atoms with Gasteiger partial charge in [0.05, 0.1) is 0 Å². The van der Waals surface area contributed by atoms with Crippen LogP contribution in [0, 0.1) is 0 Å². The molecule has 0 radical (unpaired) electrons. The number of carbonyl (C=O) groups is 2. The number of fused-ring (bicyclic) bond motifs is 1. The Morgan fingerprint density at radius 1 is 0.667 bits per heavy atom. The maximum atomic E-state index is 11.9. The molecule has 86 valence electrons. The van der Waals surface area contributed by atoms with E-state index >= 15 is 0 Å². The predicted octanol–water partition coefficient (Wildman–Crippen LogP) is 2.99. The molecule has 0 amide bonds. The summed E-state index contributed by atoms with van der Waals surface area (Å²) in [5.41, 5.74) is 2.65. The van der Waals surface area contributed by atoms with Crippen LogP contribution in [0.15, 0.2) is 54.6 Å². The highest BCUT2D eigenvalue weighted by atomic mass is 16.2. The van der Waals surface area contributed by atoms with E-state index in [9.17, 15) is 9.59 Å². The zero-order chi connectivity index (χ0) is 12.5. The third-order valence-corrected chi connectivity index (χ3v) is 3.02. The first kappa shape index (κ1) is 10.7. The van der Waals surface area contributed by atoms with Crippen LogP contribution in [0.2, 0.25) is 0 Å². The summed E-state index contributed by atoms with van der Waals surface area (Å²) in [4.78, 5) is 23.8. The van der Waals surface area contributed by atoms with Crippen LogP contribution in [-0.2, 0) is 4.79 Å². The Morgan fingerprint density at radius 2 is 1.28 bits per heavy atom. The number of hydrogen-bond donors (Lipinski definition) is 0. The maximum absolute atomic E-state index is 11.9. The van der Waals surface area contributed by atoms with Gasteiger partial charge < -0.3 is 0 Å². The van der Waals surface area contributed by atoms with E-state index in [1.165, 1.54) is 0 Å².